The Morgan fingerprint density at radius 1 is 1.00 bits per heavy atom. The Hall–Kier alpha value is -3.83. The Balaban J connectivity index is 1.67. The first kappa shape index (κ1) is 20.1. The van der Waals surface area contributed by atoms with Crippen LogP contribution >= 0.6 is 11.6 Å². The van der Waals surface area contributed by atoms with Gasteiger partial charge in [-0.05, 0) is 48.4 Å². The molecule has 1 atom stereocenters. The van der Waals surface area contributed by atoms with Gasteiger partial charge < -0.3 is 9.52 Å². The van der Waals surface area contributed by atoms with E-state index in [-0.39, 0.29) is 11.3 Å². The molecule has 32 heavy (non-hydrogen) atoms. The zero-order valence-corrected chi connectivity index (χ0v) is 17.8. The van der Waals surface area contributed by atoms with Gasteiger partial charge in [-0.2, -0.15) is 0 Å². The third-order valence-electron chi connectivity index (χ3n) is 5.65. The number of carbonyl (C=O) groups excluding carboxylic acids is 2. The number of para-hydroxylation sites is 1. The number of benzene rings is 3. The van der Waals surface area contributed by atoms with Crippen molar-refractivity contribution in [3.63, 3.8) is 0 Å². The number of nitrogens with zero attached hydrogens (tertiary/aromatic N) is 1. The molecule has 158 valence electrons. The molecule has 4 aromatic rings. The number of hydrogen-bond donors (Lipinski definition) is 1. The van der Waals surface area contributed by atoms with Gasteiger partial charge in [0.25, 0.3) is 5.91 Å². The predicted molar refractivity (Wildman–Crippen MR) is 123 cm³/mol. The highest BCUT2D eigenvalue weighted by molar-refractivity contribution is 6.31. The van der Waals surface area contributed by atoms with Gasteiger partial charge in [0, 0.05) is 16.1 Å². The normalized spacial score (nSPS) is 16.2. The fourth-order valence-electron chi connectivity index (χ4n) is 4.13. The Bertz CT molecular complexity index is 1400. The maximum Gasteiger partial charge on any atom is 0.294 e. The molecule has 1 aromatic heterocycles. The Morgan fingerprint density at radius 2 is 1.72 bits per heavy atom. The van der Waals surface area contributed by atoms with Crippen LogP contribution in [-0.4, -0.2) is 16.8 Å². The molecule has 0 saturated heterocycles. The highest BCUT2D eigenvalue weighted by Gasteiger charge is 2.45. The molecule has 1 aliphatic rings. The smallest absolute Gasteiger partial charge is 0.294 e. The molecular weight excluding hydrogens is 426 g/mol. The average Bonchev–Trinajstić information content (AvgIpc) is 3.33. The number of rotatable bonds is 4. The molecule has 0 bridgehead atoms. The van der Waals surface area contributed by atoms with Crippen LogP contribution in [0.25, 0.3) is 11.0 Å². The Morgan fingerprint density at radius 3 is 2.47 bits per heavy atom. The van der Waals surface area contributed by atoms with E-state index in [4.69, 9.17) is 16.0 Å². The van der Waals surface area contributed by atoms with Crippen LogP contribution in [0, 0.1) is 6.92 Å². The van der Waals surface area contributed by atoms with E-state index in [0.717, 1.165) is 5.56 Å². The van der Waals surface area contributed by atoms with Crippen molar-refractivity contribution in [3.8, 4) is 0 Å². The van der Waals surface area contributed by atoms with Gasteiger partial charge in [0.15, 0.2) is 11.5 Å². The number of furan rings is 1. The molecule has 1 amide bonds. The van der Waals surface area contributed by atoms with E-state index in [1.54, 1.807) is 30.3 Å². The first-order valence-corrected chi connectivity index (χ1v) is 10.4. The largest absolute Gasteiger partial charge is 0.503 e. The van der Waals surface area contributed by atoms with Gasteiger partial charge in [0.05, 0.1) is 11.6 Å². The second-order valence-electron chi connectivity index (χ2n) is 7.66. The van der Waals surface area contributed by atoms with Crippen molar-refractivity contribution in [3.05, 3.63) is 112 Å². The van der Waals surface area contributed by atoms with Crippen molar-refractivity contribution in [2.45, 2.75) is 13.0 Å². The molecule has 3 aromatic carbocycles. The second-order valence-corrected chi connectivity index (χ2v) is 8.10. The van der Waals surface area contributed by atoms with Crippen LogP contribution < -0.4 is 4.90 Å². The second kappa shape index (κ2) is 7.70. The van der Waals surface area contributed by atoms with Crippen LogP contribution in [0.5, 0.6) is 0 Å². The number of aliphatic hydroxyl groups is 1. The molecule has 1 N–H and O–H groups in total. The third kappa shape index (κ3) is 3.18. The minimum Gasteiger partial charge on any atom is -0.503 e. The van der Waals surface area contributed by atoms with Crippen LogP contribution in [0.15, 0.2) is 94.6 Å². The van der Waals surface area contributed by atoms with Crippen LogP contribution in [0.4, 0.5) is 5.69 Å². The zero-order chi connectivity index (χ0) is 22.4. The standard InChI is InChI=1S/C26H18ClNO4/c1-15-7-5-6-10-19(15)28-23(16-8-3-2-4-9-16)22(25(30)26(28)31)24(29)21-14-17-13-18(27)11-12-20(17)32-21/h2-14,23,30H,1H3. The maximum atomic E-state index is 13.6. The number of halogens is 1. The maximum absolute atomic E-state index is 13.6. The summed E-state index contributed by atoms with van der Waals surface area (Å²) in [6.45, 7) is 1.88. The molecule has 1 aliphatic heterocycles. The van der Waals surface area contributed by atoms with Crippen LogP contribution in [-0.2, 0) is 4.79 Å². The summed E-state index contributed by atoms with van der Waals surface area (Å²) in [7, 11) is 0. The van der Waals surface area contributed by atoms with Gasteiger partial charge in [-0.15, -0.1) is 0 Å². The lowest BCUT2D eigenvalue weighted by Crippen LogP contribution is -2.31. The van der Waals surface area contributed by atoms with Gasteiger partial charge in [0.1, 0.15) is 5.58 Å². The number of ketones is 1. The number of fused-ring (bicyclic) bond motifs is 1. The van der Waals surface area contributed by atoms with Crippen molar-refractivity contribution in [2.24, 2.45) is 0 Å². The van der Waals surface area contributed by atoms with Crippen molar-refractivity contribution >= 4 is 39.9 Å². The minimum absolute atomic E-state index is 0.0189. The SMILES string of the molecule is Cc1ccccc1N1C(=O)C(O)=C(C(=O)c2cc3cc(Cl)ccc3o2)C1c1ccccc1. The van der Waals surface area contributed by atoms with E-state index in [9.17, 15) is 14.7 Å². The fourth-order valence-corrected chi connectivity index (χ4v) is 4.31. The molecule has 5 nitrogen and oxygen atoms in total. The quantitative estimate of drug-likeness (QED) is 0.382. The molecule has 1 unspecified atom stereocenters. The lowest BCUT2D eigenvalue weighted by atomic mass is 9.94. The highest BCUT2D eigenvalue weighted by Crippen LogP contribution is 2.43. The van der Waals surface area contributed by atoms with E-state index >= 15 is 0 Å². The van der Waals surface area contributed by atoms with Gasteiger partial charge >= 0.3 is 0 Å². The number of Topliss-reactive ketones (excluding diaryl/α,β-unsaturated/α-hetero) is 1. The van der Waals surface area contributed by atoms with Crippen LogP contribution in [0.2, 0.25) is 5.02 Å². The van der Waals surface area contributed by atoms with E-state index in [2.05, 4.69) is 0 Å². The summed E-state index contributed by atoms with van der Waals surface area (Å²) < 4.78 is 5.75. The number of carbonyl (C=O) groups is 2. The number of amides is 1. The summed E-state index contributed by atoms with van der Waals surface area (Å²) in [5, 5.41) is 12.0. The topological polar surface area (TPSA) is 70.8 Å². The van der Waals surface area contributed by atoms with E-state index in [1.165, 1.54) is 4.90 Å². The summed E-state index contributed by atoms with van der Waals surface area (Å²) in [4.78, 5) is 28.3. The lowest BCUT2D eigenvalue weighted by molar-refractivity contribution is -0.117. The summed E-state index contributed by atoms with van der Waals surface area (Å²) >= 11 is 6.05. The fraction of sp³-hybridized carbons (Fsp3) is 0.0769. The van der Waals surface area contributed by atoms with Crippen molar-refractivity contribution in [1.82, 2.24) is 0 Å². The molecule has 0 spiro atoms. The average molecular weight is 444 g/mol. The molecule has 0 saturated carbocycles. The zero-order valence-electron chi connectivity index (χ0n) is 17.1. The van der Waals surface area contributed by atoms with Crippen molar-refractivity contribution in [2.75, 3.05) is 4.90 Å². The first-order chi connectivity index (χ1) is 15.5. The van der Waals surface area contributed by atoms with Crippen LogP contribution in [0.1, 0.15) is 27.7 Å². The predicted octanol–water partition coefficient (Wildman–Crippen LogP) is 6.18. The van der Waals surface area contributed by atoms with Gasteiger partial charge in [-0.25, -0.2) is 0 Å². The molecule has 0 aliphatic carbocycles. The number of aliphatic hydroxyl groups excluding tert-OH is 1. The van der Waals surface area contributed by atoms with Gasteiger partial charge in [-0.3, -0.25) is 14.5 Å². The molecule has 2 heterocycles. The number of aryl methyl sites for hydroxylation is 1. The minimum atomic E-state index is -0.797. The lowest BCUT2D eigenvalue weighted by Gasteiger charge is -2.28. The summed E-state index contributed by atoms with van der Waals surface area (Å²) in [5.74, 6) is -1.72. The van der Waals surface area contributed by atoms with Gasteiger partial charge in [-0.1, -0.05) is 60.1 Å². The number of hydrogen-bond acceptors (Lipinski definition) is 4. The molecular formula is C26H18ClNO4. The van der Waals surface area contributed by atoms with Crippen molar-refractivity contribution in [1.29, 1.82) is 0 Å². The molecule has 5 rings (SSSR count). The third-order valence-corrected chi connectivity index (χ3v) is 5.88. The first-order valence-electron chi connectivity index (χ1n) is 10.1. The molecule has 6 heteroatoms. The summed E-state index contributed by atoms with van der Waals surface area (Å²) in [5.41, 5.74) is 2.65. The van der Waals surface area contributed by atoms with E-state index < -0.39 is 23.5 Å². The van der Waals surface area contributed by atoms with E-state index in [1.807, 2.05) is 55.5 Å². The Kier molecular flexibility index (Phi) is 4.83. The number of anilines is 1. The highest BCUT2D eigenvalue weighted by atomic mass is 35.5. The monoisotopic (exact) mass is 443 g/mol. The van der Waals surface area contributed by atoms with E-state index in [0.29, 0.717) is 27.2 Å². The van der Waals surface area contributed by atoms with Crippen molar-refractivity contribution < 1.29 is 19.1 Å². The summed E-state index contributed by atoms with van der Waals surface area (Å²) in [6.07, 6.45) is 0. The summed E-state index contributed by atoms with van der Waals surface area (Å²) in [6, 6.07) is 22.4. The Labute approximate surface area is 189 Å². The van der Waals surface area contributed by atoms with Crippen LogP contribution in [0.3, 0.4) is 0 Å². The van der Waals surface area contributed by atoms with Gasteiger partial charge in [0.2, 0.25) is 5.78 Å². The molecule has 0 fully saturated rings. The molecule has 0 radical (unpaired) electrons.